The molecule has 0 aromatic heterocycles. The quantitative estimate of drug-likeness (QED) is 0.508. The number of alkyl halides is 2. The lowest BCUT2D eigenvalue weighted by atomic mass is 10.6. The first-order chi connectivity index (χ1) is 2.64. The zero-order chi connectivity index (χ0) is 5.15. The van der Waals surface area contributed by atoms with Crippen molar-refractivity contribution in [3.8, 4) is 0 Å². The summed E-state index contributed by atoms with van der Waals surface area (Å²) in [6.07, 6.45) is -2.56. The Labute approximate surface area is 34.5 Å². The molecule has 36 valence electrons. The van der Waals surface area contributed by atoms with E-state index in [0.29, 0.717) is 0 Å². The van der Waals surface area contributed by atoms with Crippen LogP contribution in [0.5, 0.6) is 0 Å². The highest BCUT2D eigenvalue weighted by Gasteiger charge is 1.99. The zero-order valence-corrected chi connectivity index (χ0v) is 3.12. The van der Waals surface area contributed by atoms with Gasteiger partial charge < -0.3 is 5.73 Å². The molecule has 0 aliphatic carbocycles. The lowest BCUT2D eigenvalue weighted by molar-refractivity contribution is 0.188. The van der Waals surface area contributed by atoms with Crippen molar-refractivity contribution in [3.05, 3.63) is 12.3 Å². The van der Waals surface area contributed by atoms with Gasteiger partial charge in [0.05, 0.1) is 5.70 Å². The van der Waals surface area contributed by atoms with E-state index in [1.807, 2.05) is 0 Å². The van der Waals surface area contributed by atoms with Crippen LogP contribution in [0, 0.1) is 0 Å². The molecule has 0 unspecified atom stereocenters. The van der Waals surface area contributed by atoms with Gasteiger partial charge >= 0.3 is 0 Å². The van der Waals surface area contributed by atoms with Crippen molar-refractivity contribution in [3.63, 3.8) is 0 Å². The third kappa shape index (κ3) is 1.69. The number of hydrogen-bond donors (Lipinski definition) is 1. The van der Waals surface area contributed by atoms with Gasteiger partial charge in [0.25, 0.3) is 6.43 Å². The summed E-state index contributed by atoms with van der Waals surface area (Å²) < 4.78 is 21.9. The summed E-state index contributed by atoms with van der Waals surface area (Å²) in [5.74, 6) is 0. The summed E-state index contributed by atoms with van der Waals surface area (Å²) in [6.45, 7) is 2.78. The fourth-order valence-corrected chi connectivity index (χ4v) is 0. The molecule has 0 heterocycles. The molecule has 0 fully saturated rings. The van der Waals surface area contributed by atoms with E-state index in [9.17, 15) is 8.78 Å². The van der Waals surface area contributed by atoms with Gasteiger partial charge in [0.15, 0.2) is 0 Å². The summed E-state index contributed by atoms with van der Waals surface area (Å²) in [5, 5.41) is 0. The predicted octanol–water partition coefficient (Wildman–Crippen LogP) is 0.724. The van der Waals surface area contributed by atoms with Gasteiger partial charge in [-0.15, -0.1) is 0 Å². The van der Waals surface area contributed by atoms with Crippen molar-refractivity contribution in [1.29, 1.82) is 0 Å². The third-order valence-electron chi connectivity index (χ3n) is 0.280. The Morgan fingerprint density at radius 3 is 1.83 bits per heavy atom. The van der Waals surface area contributed by atoms with E-state index in [-0.39, 0.29) is 0 Å². The molecule has 0 atom stereocenters. The van der Waals surface area contributed by atoms with Gasteiger partial charge in [0, 0.05) is 0 Å². The molecular weight excluding hydrogens is 88.0 g/mol. The normalized spacial score (nSPS) is 9.17. The molecule has 0 radical (unpaired) electrons. The van der Waals surface area contributed by atoms with Crippen LogP contribution in [-0.2, 0) is 0 Å². The fraction of sp³-hybridized carbons (Fsp3) is 0.333. The molecule has 0 saturated carbocycles. The molecule has 0 aromatic carbocycles. The van der Waals surface area contributed by atoms with Crippen LogP contribution in [0.3, 0.4) is 0 Å². The molecule has 6 heavy (non-hydrogen) atoms. The Kier molecular flexibility index (Phi) is 1.57. The van der Waals surface area contributed by atoms with E-state index < -0.39 is 12.1 Å². The highest BCUT2D eigenvalue weighted by atomic mass is 19.3. The molecule has 3 heteroatoms. The largest absolute Gasteiger partial charge is 0.398 e. The molecule has 0 rings (SSSR count). The molecule has 0 bridgehead atoms. The Morgan fingerprint density at radius 2 is 1.83 bits per heavy atom. The van der Waals surface area contributed by atoms with Gasteiger partial charge in [-0.25, -0.2) is 8.78 Å². The first-order valence-electron chi connectivity index (χ1n) is 1.37. The van der Waals surface area contributed by atoms with Gasteiger partial charge in [-0.05, 0) is 0 Å². The van der Waals surface area contributed by atoms with Crippen molar-refractivity contribution in [2.75, 3.05) is 0 Å². The van der Waals surface area contributed by atoms with Crippen LogP contribution in [-0.4, -0.2) is 6.43 Å². The second-order valence-electron chi connectivity index (χ2n) is 0.876. The van der Waals surface area contributed by atoms with E-state index in [1.165, 1.54) is 0 Å². The predicted molar refractivity (Wildman–Crippen MR) is 19.3 cm³/mol. The average Bonchev–Trinajstić information content (AvgIpc) is 1.36. The Balaban J connectivity index is 3.26. The van der Waals surface area contributed by atoms with Crippen LogP contribution < -0.4 is 5.73 Å². The van der Waals surface area contributed by atoms with Crippen LogP contribution in [0.1, 0.15) is 0 Å². The number of allylic oxidation sites excluding steroid dienone is 1. The SMILES string of the molecule is C=C(N)C(F)F. The number of hydrogen-bond acceptors (Lipinski definition) is 1. The average molecular weight is 93.1 g/mol. The highest BCUT2D eigenvalue weighted by Crippen LogP contribution is 1.95. The lowest BCUT2D eigenvalue weighted by Gasteiger charge is -1.89. The molecular formula is C3H5F2N. The maximum absolute atomic E-state index is 10.9. The monoisotopic (exact) mass is 93.0 g/mol. The first kappa shape index (κ1) is 5.40. The Bertz CT molecular complexity index is 59.8. The number of rotatable bonds is 1. The van der Waals surface area contributed by atoms with Crippen molar-refractivity contribution in [2.24, 2.45) is 5.73 Å². The van der Waals surface area contributed by atoms with Gasteiger partial charge in [-0.2, -0.15) is 0 Å². The van der Waals surface area contributed by atoms with E-state index in [0.717, 1.165) is 0 Å². The second kappa shape index (κ2) is 1.74. The van der Waals surface area contributed by atoms with Gasteiger partial charge in [-0.3, -0.25) is 0 Å². The van der Waals surface area contributed by atoms with E-state index in [2.05, 4.69) is 12.3 Å². The molecule has 0 aliphatic heterocycles. The van der Waals surface area contributed by atoms with E-state index in [1.54, 1.807) is 0 Å². The van der Waals surface area contributed by atoms with Gasteiger partial charge in [0.2, 0.25) is 0 Å². The van der Waals surface area contributed by atoms with Crippen LogP contribution in [0.4, 0.5) is 8.78 Å². The summed E-state index contributed by atoms with van der Waals surface area (Å²) in [6, 6.07) is 0. The van der Waals surface area contributed by atoms with Crippen molar-refractivity contribution < 1.29 is 8.78 Å². The standard InChI is InChI=1S/C3H5F2N/c1-2(6)3(4)5/h3H,1,6H2. The minimum absolute atomic E-state index is 0.574. The molecule has 0 aromatic rings. The number of halogens is 2. The van der Waals surface area contributed by atoms with Crippen LogP contribution in [0.25, 0.3) is 0 Å². The van der Waals surface area contributed by atoms with Crippen LogP contribution >= 0.6 is 0 Å². The summed E-state index contributed by atoms with van der Waals surface area (Å²) in [5.41, 5.74) is 3.92. The van der Waals surface area contributed by atoms with Gasteiger partial charge in [0.1, 0.15) is 0 Å². The molecule has 0 aliphatic rings. The minimum atomic E-state index is -2.56. The molecule has 0 amide bonds. The lowest BCUT2D eigenvalue weighted by Crippen LogP contribution is -2.04. The van der Waals surface area contributed by atoms with Crippen molar-refractivity contribution >= 4 is 0 Å². The third-order valence-corrected chi connectivity index (χ3v) is 0.280. The topological polar surface area (TPSA) is 26.0 Å². The van der Waals surface area contributed by atoms with E-state index in [4.69, 9.17) is 0 Å². The summed E-state index contributed by atoms with van der Waals surface area (Å²) in [4.78, 5) is 0. The maximum atomic E-state index is 10.9. The van der Waals surface area contributed by atoms with Gasteiger partial charge in [-0.1, -0.05) is 6.58 Å². The summed E-state index contributed by atoms with van der Waals surface area (Å²) >= 11 is 0. The fourth-order valence-electron chi connectivity index (χ4n) is 0. The maximum Gasteiger partial charge on any atom is 0.277 e. The number of nitrogens with two attached hydrogens (primary N) is 1. The van der Waals surface area contributed by atoms with Crippen molar-refractivity contribution in [1.82, 2.24) is 0 Å². The van der Waals surface area contributed by atoms with Crippen LogP contribution in [0.15, 0.2) is 12.3 Å². The zero-order valence-electron chi connectivity index (χ0n) is 3.12. The first-order valence-corrected chi connectivity index (χ1v) is 1.37. The molecule has 2 N–H and O–H groups in total. The summed E-state index contributed by atoms with van der Waals surface area (Å²) in [7, 11) is 0. The Hall–Kier alpha value is -0.600. The molecule has 0 saturated heterocycles. The second-order valence-corrected chi connectivity index (χ2v) is 0.876. The molecule has 1 nitrogen and oxygen atoms in total. The molecule has 0 spiro atoms. The van der Waals surface area contributed by atoms with Crippen molar-refractivity contribution in [2.45, 2.75) is 6.43 Å². The minimum Gasteiger partial charge on any atom is -0.398 e. The van der Waals surface area contributed by atoms with E-state index >= 15 is 0 Å². The van der Waals surface area contributed by atoms with Crippen LogP contribution in [0.2, 0.25) is 0 Å². The smallest absolute Gasteiger partial charge is 0.277 e. The Morgan fingerprint density at radius 1 is 1.67 bits per heavy atom. The highest BCUT2D eigenvalue weighted by molar-refractivity contribution is 4.88.